The van der Waals surface area contributed by atoms with Crippen LogP contribution in [0.3, 0.4) is 0 Å². The minimum atomic E-state index is -0.201. The maximum Gasteiger partial charge on any atom is 0.213 e. The highest BCUT2D eigenvalue weighted by atomic mass is 16.5. The highest BCUT2D eigenvalue weighted by Crippen LogP contribution is 2.26. The smallest absolute Gasteiger partial charge is 0.213 e. The van der Waals surface area contributed by atoms with Crippen LogP contribution < -0.4 is 14.8 Å². The van der Waals surface area contributed by atoms with Gasteiger partial charge in [-0.15, -0.1) is 0 Å². The first-order chi connectivity index (χ1) is 9.32. The van der Waals surface area contributed by atoms with E-state index in [0.717, 1.165) is 18.6 Å². The van der Waals surface area contributed by atoms with Gasteiger partial charge in [0.1, 0.15) is 17.5 Å². The largest absolute Gasteiger partial charge is 0.487 e. The lowest BCUT2D eigenvalue weighted by molar-refractivity contribution is 0.0766. The van der Waals surface area contributed by atoms with E-state index < -0.39 is 0 Å². The van der Waals surface area contributed by atoms with Gasteiger partial charge in [0.05, 0.1) is 6.20 Å². The van der Waals surface area contributed by atoms with E-state index in [1.807, 2.05) is 32.9 Å². The number of rotatable bonds is 5. The molecule has 112 valence electrons. The Morgan fingerprint density at radius 1 is 1.25 bits per heavy atom. The summed E-state index contributed by atoms with van der Waals surface area (Å²) < 4.78 is 11.6. The van der Waals surface area contributed by atoms with Gasteiger partial charge in [-0.2, -0.15) is 0 Å². The quantitative estimate of drug-likeness (QED) is 0.898. The molecule has 0 bridgehead atoms. The molecule has 0 spiro atoms. The van der Waals surface area contributed by atoms with Crippen molar-refractivity contribution >= 4 is 0 Å². The first kappa shape index (κ1) is 15.1. The molecule has 1 aromatic heterocycles. The fourth-order valence-corrected chi connectivity index (χ4v) is 2.29. The summed E-state index contributed by atoms with van der Waals surface area (Å²) in [7, 11) is 0. The van der Waals surface area contributed by atoms with E-state index in [0.29, 0.717) is 18.0 Å². The first-order valence-electron chi connectivity index (χ1n) is 7.39. The molecular formula is C16H26N2O2. The maximum atomic E-state index is 5.84. The SMILES string of the molecule is CC(C)NC1CC(Oc2ccc(OC(C)(C)C)cn2)C1. The molecule has 1 heterocycles. The number of hydrogen-bond acceptors (Lipinski definition) is 4. The molecule has 0 saturated heterocycles. The fraction of sp³-hybridized carbons (Fsp3) is 0.688. The van der Waals surface area contributed by atoms with E-state index in [1.165, 1.54) is 0 Å². The average Bonchev–Trinajstić information content (AvgIpc) is 2.26. The van der Waals surface area contributed by atoms with Gasteiger partial charge < -0.3 is 14.8 Å². The normalized spacial score (nSPS) is 22.5. The predicted octanol–water partition coefficient (Wildman–Crippen LogP) is 3.17. The van der Waals surface area contributed by atoms with Gasteiger partial charge in [0.25, 0.3) is 0 Å². The molecule has 4 nitrogen and oxygen atoms in total. The Balaban J connectivity index is 1.78. The third-order valence-corrected chi connectivity index (χ3v) is 3.08. The van der Waals surface area contributed by atoms with Gasteiger partial charge in [0.15, 0.2) is 0 Å². The molecule has 0 aromatic carbocycles. The Hall–Kier alpha value is -1.29. The Kier molecular flexibility index (Phi) is 4.53. The van der Waals surface area contributed by atoms with Crippen molar-refractivity contribution in [3.8, 4) is 11.6 Å². The van der Waals surface area contributed by atoms with Crippen molar-refractivity contribution < 1.29 is 9.47 Å². The van der Waals surface area contributed by atoms with Gasteiger partial charge in [-0.3, -0.25) is 0 Å². The standard InChI is InChI=1S/C16H26N2O2/c1-11(2)18-12-8-14(9-12)19-15-7-6-13(10-17-15)20-16(3,4)5/h6-7,10-12,14,18H,8-9H2,1-5H3. The van der Waals surface area contributed by atoms with Crippen LogP contribution in [0.4, 0.5) is 0 Å². The average molecular weight is 278 g/mol. The summed E-state index contributed by atoms with van der Waals surface area (Å²) in [6, 6.07) is 4.91. The summed E-state index contributed by atoms with van der Waals surface area (Å²) in [6.07, 6.45) is 4.12. The molecule has 0 atom stereocenters. The molecule has 1 aliphatic carbocycles. The van der Waals surface area contributed by atoms with Crippen LogP contribution in [0.1, 0.15) is 47.5 Å². The molecule has 1 aliphatic rings. The highest BCUT2D eigenvalue weighted by molar-refractivity contribution is 5.23. The zero-order valence-corrected chi connectivity index (χ0v) is 13.1. The number of nitrogens with one attached hydrogen (secondary N) is 1. The summed E-state index contributed by atoms with van der Waals surface area (Å²) in [5.41, 5.74) is -0.201. The van der Waals surface area contributed by atoms with Crippen molar-refractivity contribution in [3.05, 3.63) is 18.3 Å². The lowest BCUT2D eigenvalue weighted by Gasteiger charge is -2.36. The van der Waals surface area contributed by atoms with Crippen LogP contribution in [0.2, 0.25) is 0 Å². The summed E-state index contributed by atoms with van der Waals surface area (Å²) in [5, 5.41) is 3.51. The van der Waals surface area contributed by atoms with Gasteiger partial charge in [-0.1, -0.05) is 13.8 Å². The fourth-order valence-electron chi connectivity index (χ4n) is 2.29. The van der Waals surface area contributed by atoms with Crippen molar-refractivity contribution in [1.82, 2.24) is 10.3 Å². The molecule has 0 amide bonds. The molecule has 1 fully saturated rings. The number of nitrogens with zero attached hydrogens (tertiary/aromatic N) is 1. The minimum absolute atomic E-state index is 0.201. The second kappa shape index (κ2) is 6.00. The van der Waals surface area contributed by atoms with Crippen LogP contribution in [0.5, 0.6) is 11.6 Å². The molecule has 2 rings (SSSR count). The first-order valence-corrected chi connectivity index (χ1v) is 7.39. The zero-order valence-electron chi connectivity index (χ0n) is 13.1. The summed E-state index contributed by atoms with van der Waals surface area (Å²) in [5.74, 6) is 1.46. The zero-order chi connectivity index (χ0) is 14.8. The monoisotopic (exact) mass is 278 g/mol. The Labute approximate surface area is 121 Å². The Bertz CT molecular complexity index is 417. The van der Waals surface area contributed by atoms with Crippen molar-refractivity contribution in [2.45, 2.75) is 71.2 Å². The third kappa shape index (κ3) is 4.67. The molecule has 20 heavy (non-hydrogen) atoms. The molecule has 1 aromatic rings. The van der Waals surface area contributed by atoms with Crippen LogP contribution in [0.15, 0.2) is 18.3 Å². The van der Waals surface area contributed by atoms with E-state index in [-0.39, 0.29) is 11.7 Å². The van der Waals surface area contributed by atoms with Gasteiger partial charge in [0, 0.05) is 18.2 Å². The predicted molar refractivity (Wildman–Crippen MR) is 80.3 cm³/mol. The van der Waals surface area contributed by atoms with Crippen molar-refractivity contribution in [2.75, 3.05) is 0 Å². The van der Waals surface area contributed by atoms with Crippen molar-refractivity contribution in [3.63, 3.8) is 0 Å². The van der Waals surface area contributed by atoms with Crippen LogP contribution >= 0.6 is 0 Å². The van der Waals surface area contributed by atoms with Gasteiger partial charge in [-0.05, 0) is 39.7 Å². The van der Waals surface area contributed by atoms with Crippen molar-refractivity contribution in [2.24, 2.45) is 0 Å². The Morgan fingerprint density at radius 3 is 2.45 bits per heavy atom. The number of pyridine rings is 1. The summed E-state index contributed by atoms with van der Waals surface area (Å²) >= 11 is 0. The summed E-state index contributed by atoms with van der Waals surface area (Å²) in [6.45, 7) is 10.4. The van der Waals surface area contributed by atoms with E-state index >= 15 is 0 Å². The van der Waals surface area contributed by atoms with Gasteiger partial charge in [-0.25, -0.2) is 4.98 Å². The second-order valence-electron chi connectivity index (χ2n) is 6.78. The molecule has 0 unspecified atom stereocenters. The topological polar surface area (TPSA) is 43.4 Å². The number of ether oxygens (including phenoxy) is 2. The van der Waals surface area contributed by atoms with E-state index in [1.54, 1.807) is 6.20 Å². The maximum absolute atomic E-state index is 5.84. The molecular weight excluding hydrogens is 252 g/mol. The minimum Gasteiger partial charge on any atom is -0.487 e. The molecule has 1 saturated carbocycles. The second-order valence-corrected chi connectivity index (χ2v) is 6.78. The number of aromatic nitrogens is 1. The summed E-state index contributed by atoms with van der Waals surface area (Å²) in [4.78, 5) is 4.30. The van der Waals surface area contributed by atoms with Crippen LogP contribution in [-0.4, -0.2) is 28.8 Å². The van der Waals surface area contributed by atoms with Crippen molar-refractivity contribution in [1.29, 1.82) is 0 Å². The van der Waals surface area contributed by atoms with E-state index in [9.17, 15) is 0 Å². The van der Waals surface area contributed by atoms with E-state index in [2.05, 4.69) is 24.1 Å². The molecule has 0 radical (unpaired) electrons. The van der Waals surface area contributed by atoms with Crippen LogP contribution in [-0.2, 0) is 0 Å². The van der Waals surface area contributed by atoms with E-state index in [4.69, 9.17) is 9.47 Å². The molecule has 0 aliphatic heterocycles. The van der Waals surface area contributed by atoms with Crippen LogP contribution in [0.25, 0.3) is 0 Å². The van der Waals surface area contributed by atoms with Gasteiger partial charge >= 0.3 is 0 Å². The Morgan fingerprint density at radius 2 is 1.95 bits per heavy atom. The third-order valence-electron chi connectivity index (χ3n) is 3.08. The van der Waals surface area contributed by atoms with Gasteiger partial charge in [0.2, 0.25) is 5.88 Å². The molecule has 1 N–H and O–H groups in total. The lowest BCUT2D eigenvalue weighted by Crippen LogP contribution is -2.49. The lowest BCUT2D eigenvalue weighted by atomic mass is 9.89. The highest BCUT2D eigenvalue weighted by Gasteiger charge is 2.31. The number of hydrogen-bond donors (Lipinski definition) is 1. The van der Waals surface area contributed by atoms with Crippen LogP contribution in [0, 0.1) is 0 Å². The molecule has 4 heteroatoms.